The Balaban J connectivity index is 1.86. The van der Waals surface area contributed by atoms with Crippen LogP contribution in [0.5, 0.6) is 0 Å². The van der Waals surface area contributed by atoms with Crippen molar-refractivity contribution in [3.05, 3.63) is 107 Å². The maximum atomic E-state index is 13.7. The van der Waals surface area contributed by atoms with Gasteiger partial charge in [-0.25, -0.2) is 0 Å². The quantitative estimate of drug-likeness (QED) is 0.332. The summed E-state index contributed by atoms with van der Waals surface area (Å²) >= 11 is 0. The summed E-state index contributed by atoms with van der Waals surface area (Å²) in [6.45, 7) is 9.44. The van der Waals surface area contributed by atoms with Gasteiger partial charge in [0.15, 0.2) is 0 Å². The number of hydrogen-bond acceptors (Lipinski definition) is 2. The lowest BCUT2D eigenvalue weighted by Crippen LogP contribution is -2.50. The van der Waals surface area contributed by atoms with Crippen LogP contribution in [-0.4, -0.2) is 29.3 Å². The zero-order valence-electron chi connectivity index (χ0n) is 22.2. The van der Waals surface area contributed by atoms with Gasteiger partial charge in [-0.3, -0.25) is 9.59 Å². The second-order valence-corrected chi connectivity index (χ2v) is 9.90. The van der Waals surface area contributed by atoms with Gasteiger partial charge in [0, 0.05) is 25.9 Å². The van der Waals surface area contributed by atoms with Crippen LogP contribution in [0.2, 0.25) is 0 Å². The van der Waals surface area contributed by atoms with E-state index in [-0.39, 0.29) is 11.8 Å². The molecule has 3 rings (SSSR count). The first kappa shape index (κ1) is 27.2. The van der Waals surface area contributed by atoms with Crippen LogP contribution >= 0.6 is 0 Å². The van der Waals surface area contributed by atoms with Gasteiger partial charge in [-0.15, -0.1) is 0 Å². The lowest BCUT2D eigenvalue weighted by Gasteiger charge is -2.32. The van der Waals surface area contributed by atoms with Crippen LogP contribution < -0.4 is 5.32 Å². The minimum atomic E-state index is -0.574. The van der Waals surface area contributed by atoms with Crippen molar-refractivity contribution in [2.45, 2.75) is 71.9 Å². The number of nitrogens with one attached hydrogen (secondary N) is 1. The molecule has 0 saturated heterocycles. The molecule has 0 saturated carbocycles. The van der Waals surface area contributed by atoms with Gasteiger partial charge in [0.2, 0.25) is 11.8 Å². The molecule has 0 aliphatic carbocycles. The molecule has 1 atom stereocenters. The predicted octanol–water partition coefficient (Wildman–Crippen LogP) is 6.22. The fourth-order valence-corrected chi connectivity index (χ4v) is 4.39. The standard InChI is InChI=1S/C32H40N2O2/c1-5-20-33-32(36)30(22-27-11-7-6-8-12-27)34(23-28-13-9-10-25(4)21-28)31(35)19-16-26-14-17-29(18-15-26)24(2)3/h6-15,17-18,21,24,30H,5,16,19-20,22-23H2,1-4H3,(H,33,36)/t30-/m0/s1. The summed E-state index contributed by atoms with van der Waals surface area (Å²) in [4.78, 5) is 28.9. The van der Waals surface area contributed by atoms with Crippen LogP contribution in [0.1, 0.15) is 67.3 Å². The third kappa shape index (κ3) is 8.08. The number of nitrogens with zero attached hydrogens (tertiary/aromatic N) is 1. The monoisotopic (exact) mass is 484 g/mol. The summed E-state index contributed by atoms with van der Waals surface area (Å²) in [7, 11) is 0. The first-order valence-electron chi connectivity index (χ1n) is 13.1. The molecular weight excluding hydrogens is 444 g/mol. The van der Waals surface area contributed by atoms with E-state index in [2.05, 4.69) is 49.5 Å². The number of carbonyl (C=O) groups excluding carboxylic acids is 2. The van der Waals surface area contributed by atoms with Crippen molar-refractivity contribution in [2.75, 3.05) is 6.54 Å². The Morgan fingerprint density at radius 3 is 2.19 bits per heavy atom. The van der Waals surface area contributed by atoms with E-state index in [0.29, 0.717) is 38.3 Å². The summed E-state index contributed by atoms with van der Waals surface area (Å²) in [5.41, 5.74) is 5.65. The highest BCUT2D eigenvalue weighted by atomic mass is 16.2. The van der Waals surface area contributed by atoms with Crippen molar-refractivity contribution in [2.24, 2.45) is 0 Å². The van der Waals surface area contributed by atoms with Crippen molar-refractivity contribution in [1.29, 1.82) is 0 Å². The van der Waals surface area contributed by atoms with Crippen molar-refractivity contribution in [3.8, 4) is 0 Å². The SMILES string of the molecule is CCCNC(=O)[C@H](Cc1ccccc1)N(Cc1cccc(C)c1)C(=O)CCc1ccc(C(C)C)cc1. The summed E-state index contributed by atoms with van der Waals surface area (Å²) in [6.07, 6.45) is 2.34. The average Bonchev–Trinajstić information content (AvgIpc) is 2.88. The van der Waals surface area contributed by atoms with Gasteiger partial charge in [-0.2, -0.15) is 0 Å². The molecule has 0 fully saturated rings. The van der Waals surface area contributed by atoms with Crippen LogP contribution in [-0.2, 0) is 29.0 Å². The van der Waals surface area contributed by atoms with Crippen molar-refractivity contribution in [3.63, 3.8) is 0 Å². The average molecular weight is 485 g/mol. The summed E-state index contributed by atoms with van der Waals surface area (Å²) < 4.78 is 0. The maximum Gasteiger partial charge on any atom is 0.243 e. The van der Waals surface area contributed by atoms with Gasteiger partial charge in [0.25, 0.3) is 0 Å². The van der Waals surface area contributed by atoms with E-state index < -0.39 is 6.04 Å². The Morgan fingerprint density at radius 1 is 0.861 bits per heavy atom. The number of amides is 2. The lowest BCUT2D eigenvalue weighted by atomic mass is 9.99. The van der Waals surface area contributed by atoms with Gasteiger partial charge >= 0.3 is 0 Å². The van der Waals surface area contributed by atoms with E-state index in [9.17, 15) is 9.59 Å². The number of aryl methyl sites for hydroxylation is 2. The Bertz CT molecular complexity index is 1110. The van der Waals surface area contributed by atoms with Crippen LogP contribution in [0.15, 0.2) is 78.9 Å². The summed E-state index contributed by atoms with van der Waals surface area (Å²) in [6, 6.07) is 26.1. The van der Waals surface area contributed by atoms with Crippen LogP contribution in [0.4, 0.5) is 0 Å². The molecule has 4 heteroatoms. The molecule has 190 valence electrons. The number of benzene rings is 3. The molecule has 0 unspecified atom stereocenters. The Labute approximate surface area is 216 Å². The zero-order chi connectivity index (χ0) is 25.9. The molecule has 1 N–H and O–H groups in total. The lowest BCUT2D eigenvalue weighted by molar-refractivity contribution is -0.141. The van der Waals surface area contributed by atoms with Gasteiger partial charge in [0.1, 0.15) is 6.04 Å². The number of hydrogen-bond donors (Lipinski definition) is 1. The highest BCUT2D eigenvalue weighted by Gasteiger charge is 2.30. The zero-order valence-corrected chi connectivity index (χ0v) is 22.2. The van der Waals surface area contributed by atoms with E-state index in [1.165, 1.54) is 5.56 Å². The van der Waals surface area contributed by atoms with Gasteiger partial charge in [-0.1, -0.05) is 105 Å². The molecule has 0 radical (unpaired) electrons. The molecule has 0 aliphatic heterocycles. The highest BCUT2D eigenvalue weighted by Crippen LogP contribution is 2.19. The van der Waals surface area contributed by atoms with Gasteiger partial charge < -0.3 is 10.2 Å². The number of carbonyl (C=O) groups is 2. The van der Waals surface area contributed by atoms with Gasteiger partial charge in [0.05, 0.1) is 0 Å². The molecule has 0 aromatic heterocycles. The van der Waals surface area contributed by atoms with Crippen molar-refractivity contribution < 1.29 is 9.59 Å². The molecule has 36 heavy (non-hydrogen) atoms. The van der Waals surface area contributed by atoms with E-state index in [0.717, 1.165) is 28.7 Å². The van der Waals surface area contributed by atoms with Crippen molar-refractivity contribution in [1.82, 2.24) is 10.2 Å². The molecule has 2 amide bonds. The Kier molecular flexibility index (Phi) is 10.3. The smallest absolute Gasteiger partial charge is 0.243 e. The second kappa shape index (κ2) is 13.6. The van der Waals surface area contributed by atoms with Crippen LogP contribution in [0.3, 0.4) is 0 Å². The second-order valence-electron chi connectivity index (χ2n) is 9.90. The van der Waals surface area contributed by atoms with Crippen LogP contribution in [0, 0.1) is 6.92 Å². The van der Waals surface area contributed by atoms with E-state index in [1.807, 2.05) is 62.4 Å². The minimum absolute atomic E-state index is 0.00276. The van der Waals surface area contributed by atoms with Crippen LogP contribution in [0.25, 0.3) is 0 Å². The fourth-order valence-electron chi connectivity index (χ4n) is 4.39. The van der Waals surface area contributed by atoms with E-state index >= 15 is 0 Å². The first-order valence-corrected chi connectivity index (χ1v) is 13.1. The molecule has 4 nitrogen and oxygen atoms in total. The maximum absolute atomic E-state index is 13.7. The fraction of sp³-hybridized carbons (Fsp3) is 0.375. The van der Waals surface area contributed by atoms with Crippen molar-refractivity contribution >= 4 is 11.8 Å². The first-order chi connectivity index (χ1) is 17.4. The predicted molar refractivity (Wildman–Crippen MR) is 148 cm³/mol. The molecule has 0 heterocycles. The minimum Gasteiger partial charge on any atom is -0.354 e. The third-order valence-corrected chi connectivity index (χ3v) is 6.53. The molecular formula is C32H40N2O2. The Hall–Kier alpha value is -3.40. The molecule has 3 aromatic carbocycles. The molecule has 3 aromatic rings. The number of rotatable bonds is 12. The third-order valence-electron chi connectivity index (χ3n) is 6.53. The largest absolute Gasteiger partial charge is 0.354 e. The Morgan fingerprint density at radius 2 is 1.56 bits per heavy atom. The summed E-state index contributed by atoms with van der Waals surface area (Å²) in [5.74, 6) is 0.380. The topological polar surface area (TPSA) is 49.4 Å². The molecule has 0 spiro atoms. The highest BCUT2D eigenvalue weighted by molar-refractivity contribution is 5.88. The summed E-state index contributed by atoms with van der Waals surface area (Å²) in [5, 5.41) is 3.04. The molecule has 0 aliphatic rings. The normalized spacial score (nSPS) is 11.8. The van der Waals surface area contributed by atoms with Gasteiger partial charge in [-0.05, 0) is 47.9 Å². The van der Waals surface area contributed by atoms with E-state index in [1.54, 1.807) is 4.90 Å². The van der Waals surface area contributed by atoms with E-state index in [4.69, 9.17) is 0 Å². The molecule has 0 bridgehead atoms.